The number of benzene rings is 2. The Morgan fingerprint density at radius 3 is 2.62 bits per heavy atom. The second kappa shape index (κ2) is 6.72. The number of nitrogen functional groups attached to an aromatic ring is 1. The number of nitrogens with two attached hydrogens (primary N) is 1. The average Bonchev–Trinajstić information content (AvgIpc) is 2.44. The molecule has 0 atom stereocenters. The SMILES string of the molecule is CCN(Cc1cccc(N)c1)C(=O)c1c(F)cccc1Br. The minimum atomic E-state index is -0.527. The number of carbonyl (C=O) groups is 1. The normalized spacial score (nSPS) is 10.4. The highest BCUT2D eigenvalue weighted by atomic mass is 79.9. The molecule has 0 radical (unpaired) electrons. The predicted octanol–water partition coefficient (Wildman–Crippen LogP) is 3.83. The van der Waals surface area contributed by atoms with E-state index in [9.17, 15) is 9.18 Å². The minimum Gasteiger partial charge on any atom is -0.399 e. The van der Waals surface area contributed by atoms with Crippen LogP contribution < -0.4 is 5.73 Å². The average molecular weight is 351 g/mol. The Hall–Kier alpha value is -1.88. The van der Waals surface area contributed by atoms with E-state index in [0.717, 1.165) is 5.56 Å². The molecule has 0 aromatic heterocycles. The summed E-state index contributed by atoms with van der Waals surface area (Å²) in [6, 6.07) is 11.8. The highest BCUT2D eigenvalue weighted by Gasteiger charge is 2.21. The molecule has 2 aromatic carbocycles. The van der Waals surface area contributed by atoms with Gasteiger partial charge in [0.05, 0.1) is 5.56 Å². The van der Waals surface area contributed by atoms with Crippen molar-refractivity contribution in [3.63, 3.8) is 0 Å². The molecule has 0 aliphatic heterocycles. The van der Waals surface area contributed by atoms with E-state index in [1.165, 1.54) is 6.07 Å². The summed E-state index contributed by atoms with van der Waals surface area (Å²) >= 11 is 3.23. The zero-order chi connectivity index (χ0) is 15.4. The molecular formula is C16H16BrFN2O. The number of hydrogen-bond donors (Lipinski definition) is 1. The van der Waals surface area contributed by atoms with Crippen molar-refractivity contribution < 1.29 is 9.18 Å². The third kappa shape index (κ3) is 3.61. The summed E-state index contributed by atoms with van der Waals surface area (Å²) in [5, 5.41) is 0. The van der Waals surface area contributed by atoms with Crippen LogP contribution in [0.5, 0.6) is 0 Å². The Bertz CT molecular complexity index is 640. The van der Waals surface area contributed by atoms with Crippen LogP contribution in [0.3, 0.4) is 0 Å². The molecule has 0 unspecified atom stereocenters. The van der Waals surface area contributed by atoms with Crippen LogP contribution in [0.25, 0.3) is 0 Å². The number of rotatable bonds is 4. The van der Waals surface area contributed by atoms with Crippen molar-refractivity contribution in [1.82, 2.24) is 4.90 Å². The number of hydrogen-bond acceptors (Lipinski definition) is 2. The van der Waals surface area contributed by atoms with Crippen molar-refractivity contribution in [2.45, 2.75) is 13.5 Å². The fourth-order valence-electron chi connectivity index (χ4n) is 2.10. The minimum absolute atomic E-state index is 0.0586. The van der Waals surface area contributed by atoms with Crippen molar-refractivity contribution in [2.75, 3.05) is 12.3 Å². The summed E-state index contributed by atoms with van der Waals surface area (Å²) in [5.41, 5.74) is 7.36. The van der Waals surface area contributed by atoms with Crippen molar-refractivity contribution in [3.05, 3.63) is 63.9 Å². The number of halogens is 2. The molecule has 3 nitrogen and oxygen atoms in total. The fourth-order valence-corrected chi connectivity index (χ4v) is 2.61. The first-order valence-electron chi connectivity index (χ1n) is 6.60. The molecule has 2 rings (SSSR count). The van der Waals surface area contributed by atoms with Crippen LogP contribution in [0.4, 0.5) is 10.1 Å². The molecule has 2 N–H and O–H groups in total. The summed E-state index contributed by atoms with van der Waals surface area (Å²) in [7, 11) is 0. The Morgan fingerprint density at radius 1 is 1.29 bits per heavy atom. The van der Waals surface area contributed by atoms with E-state index in [2.05, 4.69) is 15.9 Å². The lowest BCUT2D eigenvalue weighted by Crippen LogP contribution is -2.31. The topological polar surface area (TPSA) is 46.3 Å². The third-order valence-electron chi connectivity index (χ3n) is 3.17. The predicted molar refractivity (Wildman–Crippen MR) is 85.4 cm³/mol. The zero-order valence-corrected chi connectivity index (χ0v) is 13.2. The van der Waals surface area contributed by atoms with Crippen molar-refractivity contribution in [1.29, 1.82) is 0 Å². The van der Waals surface area contributed by atoms with Crippen LogP contribution in [0.15, 0.2) is 46.9 Å². The maximum atomic E-state index is 13.9. The van der Waals surface area contributed by atoms with Crippen LogP contribution in [0.1, 0.15) is 22.8 Å². The maximum Gasteiger partial charge on any atom is 0.258 e. The highest BCUT2D eigenvalue weighted by Crippen LogP contribution is 2.22. The molecule has 110 valence electrons. The summed E-state index contributed by atoms with van der Waals surface area (Å²) in [5.74, 6) is -0.870. The van der Waals surface area contributed by atoms with Crippen LogP contribution in [-0.2, 0) is 6.54 Å². The Labute approximate surface area is 131 Å². The molecular weight excluding hydrogens is 335 g/mol. The first-order chi connectivity index (χ1) is 10.0. The second-order valence-electron chi connectivity index (χ2n) is 4.66. The van der Waals surface area contributed by atoms with Gasteiger partial charge in [0, 0.05) is 23.2 Å². The lowest BCUT2D eigenvalue weighted by molar-refractivity contribution is 0.0747. The maximum absolute atomic E-state index is 13.9. The molecule has 0 aliphatic carbocycles. The van der Waals surface area contributed by atoms with E-state index in [-0.39, 0.29) is 11.5 Å². The second-order valence-corrected chi connectivity index (χ2v) is 5.52. The van der Waals surface area contributed by atoms with Gasteiger partial charge in [0.25, 0.3) is 5.91 Å². The van der Waals surface area contributed by atoms with E-state index < -0.39 is 5.82 Å². The van der Waals surface area contributed by atoms with Crippen LogP contribution >= 0.6 is 15.9 Å². The molecule has 0 saturated carbocycles. The summed E-state index contributed by atoms with van der Waals surface area (Å²) in [6.45, 7) is 2.73. The number of anilines is 1. The molecule has 0 heterocycles. The van der Waals surface area contributed by atoms with Gasteiger partial charge in [-0.2, -0.15) is 0 Å². The fraction of sp³-hybridized carbons (Fsp3) is 0.188. The molecule has 0 saturated heterocycles. The van der Waals surface area contributed by atoms with Crippen molar-refractivity contribution in [2.24, 2.45) is 0 Å². The first-order valence-corrected chi connectivity index (χ1v) is 7.40. The lowest BCUT2D eigenvalue weighted by atomic mass is 10.1. The van der Waals surface area contributed by atoms with Gasteiger partial charge in [-0.15, -0.1) is 0 Å². The van der Waals surface area contributed by atoms with E-state index in [0.29, 0.717) is 23.2 Å². The molecule has 2 aromatic rings. The quantitative estimate of drug-likeness (QED) is 0.851. The Kier molecular flexibility index (Phi) is 4.96. The van der Waals surface area contributed by atoms with Gasteiger partial charge in [0.2, 0.25) is 0 Å². The summed E-state index contributed by atoms with van der Waals surface area (Å²) < 4.78 is 14.4. The monoisotopic (exact) mass is 350 g/mol. The Balaban J connectivity index is 2.27. The van der Waals surface area contributed by atoms with E-state index >= 15 is 0 Å². The van der Waals surface area contributed by atoms with Gasteiger partial charge in [-0.05, 0) is 52.7 Å². The molecule has 0 bridgehead atoms. The molecule has 1 amide bonds. The highest BCUT2D eigenvalue weighted by molar-refractivity contribution is 9.10. The third-order valence-corrected chi connectivity index (χ3v) is 3.83. The number of nitrogens with zero attached hydrogens (tertiary/aromatic N) is 1. The van der Waals surface area contributed by atoms with Crippen molar-refractivity contribution in [3.8, 4) is 0 Å². The van der Waals surface area contributed by atoms with Crippen LogP contribution in [0, 0.1) is 5.82 Å². The molecule has 0 spiro atoms. The Morgan fingerprint density at radius 2 is 2.00 bits per heavy atom. The molecule has 0 fully saturated rings. The van der Waals surface area contributed by atoms with E-state index in [1.54, 1.807) is 23.1 Å². The summed E-state index contributed by atoms with van der Waals surface area (Å²) in [4.78, 5) is 14.1. The lowest BCUT2D eigenvalue weighted by Gasteiger charge is -2.22. The first kappa shape index (κ1) is 15.5. The van der Waals surface area contributed by atoms with Gasteiger partial charge >= 0.3 is 0 Å². The van der Waals surface area contributed by atoms with Gasteiger partial charge in [-0.25, -0.2) is 4.39 Å². The van der Waals surface area contributed by atoms with Crippen LogP contribution in [0.2, 0.25) is 0 Å². The smallest absolute Gasteiger partial charge is 0.258 e. The van der Waals surface area contributed by atoms with Gasteiger partial charge in [0.15, 0.2) is 0 Å². The molecule has 5 heteroatoms. The van der Waals surface area contributed by atoms with E-state index in [4.69, 9.17) is 5.73 Å². The van der Waals surface area contributed by atoms with E-state index in [1.807, 2.05) is 25.1 Å². The van der Waals surface area contributed by atoms with Crippen LogP contribution in [-0.4, -0.2) is 17.4 Å². The summed E-state index contributed by atoms with van der Waals surface area (Å²) in [6.07, 6.45) is 0. The van der Waals surface area contributed by atoms with Gasteiger partial charge < -0.3 is 10.6 Å². The number of amides is 1. The standard InChI is InChI=1S/C16H16BrFN2O/c1-2-20(10-11-5-3-6-12(19)9-11)16(21)15-13(17)7-4-8-14(15)18/h3-9H,2,10,19H2,1H3. The number of carbonyl (C=O) groups excluding carboxylic acids is 1. The molecule has 21 heavy (non-hydrogen) atoms. The van der Waals surface area contributed by atoms with Gasteiger partial charge in [-0.3, -0.25) is 4.79 Å². The zero-order valence-electron chi connectivity index (χ0n) is 11.6. The largest absolute Gasteiger partial charge is 0.399 e. The molecule has 0 aliphatic rings. The van der Waals surface area contributed by atoms with Gasteiger partial charge in [0.1, 0.15) is 5.82 Å². The van der Waals surface area contributed by atoms with Crippen molar-refractivity contribution >= 4 is 27.5 Å². The van der Waals surface area contributed by atoms with Gasteiger partial charge in [-0.1, -0.05) is 18.2 Å².